The number of para-hydroxylation sites is 1. The maximum atomic E-state index is 13.3. The average molecular weight is 363 g/mol. The summed E-state index contributed by atoms with van der Waals surface area (Å²) >= 11 is 7.15. The molecule has 1 N–H and O–H groups in total. The van der Waals surface area contributed by atoms with E-state index in [1.807, 2.05) is 24.3 Å². The van der Waals surface area contributed by atoms with Crippen LogP contribution >= 0.6 is 23.4 Å². The third-order valence-electron chi connectivity index (χ3n) is 4.21. The molecule has 24 heavy (non-hydrogen) atoms. The van der Waals surface area contributed by atoms with Gasteiger partial charge in [-0.2, -0.15) is 0 Å². The minimum atomic E-state index is -0.998. The van der Waals surface area contributed by atoms with Crippen molar-refractivity contribution in [3.63, 3.8) is 0 Å². The van der Waals surface area contributed by atoms with Crippen LogP contribution in [0.4, 0.5) is 15.8 Å². The van der Waals surface area contributed by atoms with Crippen molar-refractivity contribution in [3.05, 3.63) is 53.3 Å². The zero-order valence-corrected chi connectivity index (χ0v) is 14.0. The number of carbonyl (C=O) groups is 2. The molecule has 1 saturated heterocycles. The Morgan fingerprint density at radius 3 is 2.88 bits per heavy atom. The molecule has 2 aromatic carbocycles. The smallest absolute Gasteiger partial charge is 0.261 e. The topological polar surface area (TPSA) is 49.4 Å². The van der Waals surface area contributed by atoms with E-state index in [1.165, 1.54) is 30.0 Å². The van der Waals surface area contributed by atoms with Gasteiger partial charge < -0.3 is 5.32 Å². The Kier molecular flexibility index (Phi) is 3.54. The summed E-state index contributed by atoms with van der Waals surface area (Å²) in [5.41, 5.74) is 1.16. The monoisotopic (exact) mass is 362 g/mol. The van der Waals surface area contributed by atoms with E-state index in [1.54, 1.807) is 4.90 Å². The largest absolute Gasteiger partial charge is 0.323 e. The van der Waals surface area contributed by atoms with Crippen LogP contribution in [-0.4, -0.2) is 16.7 Å². The van der Waals surface area contributed by atoms with Gasteiger partial charge in [0.25, 0.3) is 5.91 Å². The van der Waals surface area contributed by atoms with E-state index in [9.17, 15) is 14.0 Å². The molecule has 4 rings (SSSR count). The highest BCUT2D eigenvalue weighted by Gasteiger charge is 2.57. The number of halogens is 2. The van der Waals surface area contributed by atoms with Crippen LogP contribution in [-0.2, 0) is 9.59 Å². The van der Waals surface area contributed by atoms with Gasteiger partial charge in [0.15, 0.2) is 4.87 Å². The number of fused-ring (bicyclic) bond motifs is 3. The summed E-state index contributed by atoms with van der Waals surface area (Å²) in [6.45, 7) is 0. The molecule has 1 fully saturated rings. The molecule has 2 aliphatic heterocycles. The van der Waals surface area contributed by atoms with Crippen LogP contribution in [0.5, 0.6) is 0 Å². The van der Waals surface area contributed by atoms with Gasteiger partial charge in [-0.25, -0.2) is 4.39 Å². The first-order chi connectivity index (χ1) is 11.5. The van der Waals surface area contributed by atoms with E-state index in [0.717, 1.165) is 10.6 Å². The standard InChI is InChI=1S/C17H12ClFN2O2S/c18-11-9-10(5-6-12(11)19)20-16(23)17-8-7-15(22)21(17)13-3-1-2-4-14(13)24-17/h1-6,9H,7-8H2,(H,20,23). The molecule has 4 nitrogen and oxygen atoms in total. The Labute approximate surface area is 147 Å². The van der Waals surface area contributed by atoms with Crippen molar-refractivity contribution in [1.82, 2.24) is 0 Å². The maximum Gasteiger partial charge on any atom is 0.261 e. The van der Waals surface area contributed by atoms with Crippen LogP contribution in [0, 0.1) is 5.82 Å². The molecule has 1 atom stereocenters. The lowest BCUT2D eigenvalue weighted by atomic mass is 10.1. The Morgan fingerprint density at radius 2 is 2.08 bits per heavy atom. The molecule has 1 unspecified atom stereocenters. The highest BCUT2D eigenvalue weighted by Crippen LogP contribution is 2.56. The Morgan fingerprint density at radius 1 is 1.29 bits per heavy atom. The molecule has 2 aliphatic rings. The Balaban J connectivity index is 1.68. The fourth-order valence-electron chi connectivity index (χ4n) is 3.10. The minimum absolute atomic E-state index is 0.0629. The number of hydrogen-bond donors (Lipinski definition) is 1. The highest BCUT2D eigenvalue weighted by atomic mass is 35.5. The first kappa shape index (κ1) is 15.5. The number of benzene rings is 2. The normalized spacial score (nSPS) is 21.6. The van der Waals surface area contributed by atoms with E-state index in [-0.39, 0.29) is 16.8 Å². The molecular weight excluding hydrogens is 351 g/mol. The summed E-state index contributed by atoms with van der Waals surface area (Å²) in [5.74, 6) is -0.926. The van der Waals surface area contributed by atoms with Gasteiger partial charge in [-0.15, -0.1) is 0 Å². The fraction of sp³-hybridized carbons (Fsp3) is 0.176. The van der Waals surface area contributed by atoms with Crippen LogP contribution in [0.3, 0.4) is 0 Å². The second kappa shape index (κ2) is 5.50. The lowest BCUT2D eigenvalue weighted by molar-refractivity contribution is -0.121. The van der Waals surface area contributed by atoms with Crippen molar-refractivity contribution >= 4 is 46.6 Å². The second-order valence-electron chi connectivity index (χ2n) is 5.67. The summed E-state index contributed by atoms with van der Waals surface area (Å²) in [6, 6.07) is 11.5. The molecule has 2 aromatic rings. The molecule has 0 aliphatic carbocycles. The molecule has 0 spiro atoms. The van der Waals surface area contributed by atoms with Gasteiger partial charge in [-0.3, -0.25) is 14.5 Å². The number of carbonyl (C=O) groups excluding carboxylic acids is 2. The van der Waals surface area contributed by atoms with E-state index in [0.29, 0.717) is 18.5 Å². The molecule has 0 aromatic heterocycles. The minimum Gasteiger partial charge on any atom is -0.323 e. The fourth-order valence-corrected chi connectivity index (χ4v) is 4.70. The Bertz CT molecular complexity index is 875. The third-order valence-corrected chi connectivity index (χ3v) is 5.97. The number of hydrogen-bond acceptors (Lipinski definition) is 3. The van der Waals surface area contributed by atoms with Crippen LogP contribution in [0.25, 0.3) is 0 Å². The predicted molar refractivity (Wildman–Crippen MR) is 91.8 cm³/mol. The average Bonchev–Trinajstić information content (AvgIpc) is 3.07. The zero-order valence-electron chi connectivity index (χ0n) is 12.4. The van der Waals surface area contributed by atoms with Crippen molar-refractivity contribution in [3.8, 4) is 0 Å². The first-order valence-corrected chi connectivity index (χ1v) is 8.58. The summed E-state index contributed by atoms with van der Waals surface area (Å²) in [6.07, 6.45) is 0.741. The molecule has 0 radical (unpaired) electrons. The van der Waals surface area contributed by atoms with Crippen molar-refractivity contribution in [2.75, 3.05) is 10.2 Å². The number of anilines is 2. The maximum absolute atomic E-state index is 13.3. The van der Waals surface area contributed by atoms with E-state index < -0.39 is 10.7 Å². The molecule has 2 heterocycles. The van der Waals surface area contributed by atoms with E-state index in [2.05, 4.69) is 5.32 Å². The Hall–Kier alpha value is -2.05. The van der Waals surface area contributed by atoms with E-state index in [4.69, 9.17) is 11.6 Å². The second-order valence-corrected chi connectivity index (χ2v) is 7.39. The summed E-state index contributed by atoms with van der Waals surface area (Å²) in [7, 11) is 0. The van der Waals surface area contributed by atoms with Gasteiger partial charge in [0.2, 0.25) is 5.91 Å². The van der Waals surface area contributed by atoms with Gasteiger partial charge in [0.1, 0.15) is 5.82 Å². The van der Waals surface area contributed by atoms with Gasteiger partial charge in [0, 0.05) is 17.0 Å². The zero-order chi connectivity index (χ0) is 16.9. The van der Waals surface area contributed by atoms with Crippen molar-refractivity contribution < 1.29 is 14.0 Å². The van der Waals surface area contributed by atoms with Crippen LogP contribution in [0.2, 0.25) is 5.02 Å². The lowest BCUT2D eigenvalue weighted by Gasteiger charge is -2.29. The first-order valence-electron chi connectivity index (χ1n) is 7.39. The summed E-state index contributed by atoms with van der Waals surface area (Å²) in [4.78, 5) is 26.8. The molecule has 2 amide bonds. The van der Waals surface area contributed by atoms with Crippen molar-refractivity contribution in [2.45, 2.75) is 22.6 Å². The number of rotatable bonds is 2. The number of nitrogens with zero attached hydrogens (tertiary/aromatic N) is 1. The summed E-state index contributed by atoms with van der Waals surface area (Å²) < 4.78 is 13.3. The molecule has 7 heteroatoms. The van der Waals surface area contributed by atoms with Crippen LogP contribution in [0.1, 0.15) is 12.8 Å². The van der Waals surface area contributed by atoms with E-state index >= 15 is 0 Å². The van der Waals surface area contributed by atoms with Crippen molar-refractivity contribution in [2.24, 2.45) is 0 Å². The SMILES string of the molecule is O=C1CCC2(C(=O)Nc3ccc(F)c(Cl)c3)Sc3ccccc3N12. The molecule has 0 bridgehead atoms. The molecule has 122 valence electrons. The molecule has 0 saturated carbocycles. The lowest BCUT2D eigenvalue weighted by Crippen LogP contribution is -2.49. The van der Waals surface area contributed by atoms with Crippen LogP contribution < -0.4 is 10.2 Å². The van der Waals surface area contributed by atoms with Gasteiger partial charge in [-0.1, -0.05) is 35.5 Å². The van der Waals surface area contributed by atoms with Gasteiger partial charge in [0.05, 0.1) is 10.7 Å². The third kappa shape index (κ3) is 2.21. The van der Waals surface area contributed by atoms with Gasteiger partial charge >= 0.3 is 0 Å². The summed E-state index contributed by atoms with van der Waals surface area (Å²) in [5, 5.41) is 2.70. The van der Waals surface area contributed by atoms with Crippen molar-refractivity contribution in [1.29, 1.82) is 0 Å². The number of nitrogens with one attached hydrogen (secondary N) is 1. The number of thioether (sulfide) groups is 1. The highest BCUT2D eigenvalue weighted by molar-refractivity contribution is 8.02. The van der Waals surface area contributed by atoms with Crippen LogP contribution in [0.15, 0.2) is 47.4 Å². The molecular formula is C17H12ClFN2O2S. The van der Waals surface area contributed by atoms with Gasteiger partial charge in [-0.05, 0) is 36.8 Å². The predicted octanol–water partition coefficient (Wildman–Crippen LogP) is 4.05. The quantitative estimate of drug-likeness (QED) is 0.876. The number of amides is 2.